The number of rotatable bonds is 2. The van der Waals surface area contributed by atoms with E-state index in [1.807, 2.05) is 4.90 Å². The van der Waals surface area contributed by atoms with E-state index < -0.39 is 0 Å². The number of aromatic nitrogens is 2. The fourth-order valence-corrected chi connectivity index (χ4v) is 4.56. The molecule has 7 heteroatoms. The lowest BCUT2D eigenvalue weighted by atomic mass is 9.94. The van der Waals surface area contributed by atoms with E-state index in [1.165, 1.54) is 16.6 Å². The van der Waals surface area contributed by atoms with Gasteiger partial charge in [0.1, 0.15) is 6.07 Å². The van der Waals surface area contributed by atoms with E-state index >= 15 is 0 Å². The van der Waals surface area contributed by atoms with Gasteiger partial charge < -0.3 is 9.80 Å². The van der Waals surface area contributed by atoms with E-state index in [0.717, 1.165) is 45.4 Å². The van der Waals surface area contributed by atoms with Gasteiger partial charge in [-0.05, 0) is 36.3 Å². The van der Waals surface area contributed by atoms with Crippen LogP contribution in [0.2, 0.25) is 0 Å². The molecule has 1 saturated heterocycles. The maximum atomic E-state index is 12.9. The molecule has 0 unspecified atom stereocenters. The van der Waals surface area contributed by atoms with Crippen molar-refractivity contribution < 1.29 is 4.79 Å². The Labute approximate surface area is 150 Å². The van der Waals surface area contributed by atoms with E-state index in [1.54, 1.807) is 17.5 Å². The second-order valence-corrected chi connectivity index (χ2v) is 7.48. The largest absolute Gasteiger partial charge is 0.354 e. The molecule has 0 radical (unpaired) electrons. The second-order valence-electron chi connectivity index (χ2n) is 6.48. The number of fused-ring (bicyclic) bond motifs is 1. The van der Waals surface area contributed by atoms with Crippen LogP contribution in [-0.2, 0) is 17.8 Å². The first-order valence-electron chi connectivity index (χ1n) is 8.56. The number of nitriles is 1. The number of thiophene rings is 1. The van der Waals surface area contributed by atoms with Gasteiger partial charge in [-0.3, -0.25) is 4.79 Å². The molecule has 0 saturated carbocycles. The third-order valence-electron chi connectivity index (χ3n) is 5.05. The fraction of sp³-hybridized carbons (Fsp3) is 0.444. The molecule has 0 atom stereocenters. The topological polar surface area (TPSA) is 73.1 Å². The van der Waals surface area contributed by atoms with Crippen molar-refractivity contribution in [3.63, 3.8) is 0 Å². The minimum atomic E-state index is 0.0682. The third kappa shape index (κ3) is 3.10. The lowest BCUT2D eigenvalue weighted by Gasteiger charge is -2.36. The van der Waals surface area contributed by atoms with Crippen LogP contribution in [-0.4, -0.2) is 40.4 Å². The smallest absolute Gasteiger partial charge is 0.226 e. The lowest BCUT2D eigenvalue weighted by Crippen LogP contribution is -2.44. The van der Waals surface area contributed by atoms with Gasteiger partial charge in [-0.15, -0.1) is 11.3 Å². The van der Waals surface area contributed by atoms with Crippen LogP contribution in [0.25, 0.3) is 0 Å². The molecular formula is C18H19N5OS. The van der Waals surface area contributed by atoms with Crippen LogP contribution in [0.15, 0.2) is 23.8 Å². The lowest BCUT2D eigenvalue weighted by molar-refractivity contribution is -0.137. The highest BCUT2D eigenvalue weighted by Gasteiger charge is 2.31. The summed E-state index contributed by atoms with van der Waals surface area (Å²) in [6.07, 6.45) is 5.72. The first kappa shape index (κ1) is 16.0. The number of anilines is 1. The van der Waals surface area contributed by atoms with E-state index in [-0.39, 0.29) is 11.8 Å². The van der Waals surface area contributed by atoms with Crippen LogP contribution in [0, 0.1) is 17.2 Å². The standard InChI is InChI=1S/C18H19N5OS/c19-11-15-17(21-6-5-20-15)22-7-1-13(2-8-22)18(24)23-9-3-16-14(12-23)4-10-25-16/h4-6,10,13H,1-3,7-9,12H2. The Morgan fingerprint density at radius 1 is 1.24 bits per heavy atom. The van der Waals surface area contributed by atoms with E-state index in [0.29, 0.717) is 11.5 Å². The maximum Gasteiger partial charge on any atom is 0.226 e. The van der Waals surface area contributed by atoms with Crippen molar-refractivity contribution in [2.75, 3.05) is 24.5 Å². The summed E-state index contributed by atoms with van der Waals surface area (Å²) in [4.78, 5) is 26.8. The highest BCUT2D eigenvalue weighted by Crippen LogP contribution is 2.28. The van der Waals surface area contributed by atoms with Gasteiger partial charge in [0.25, 0.3) is 0 Å². The Bertz CT molecular complexity index is 819. The molecule has 25 heavy (non-hydrogen) atoms. The number of amides is 1. The highest BCUT2D eigenvalue weighted by molar-refractivity contribution is 7.10. The SMILES string of the molecule is N#Cc1nccnc1N1CCC(C(=O)N2CCc3sccc3C2)CC1. The summed E-state index contributed by atoms with van der Waals surface area (Å²) in [7, 11) is 0. The molecular weight excluding hydrogens is 334 g/mol. The van der Waals surface area contributed by atoms with Crippen molar-refractivity contribution in [2.45, 2.75) is 25.8 Å². The molecule has 0 aromatic carbocycles. The number of hydrogen-bond acceptors (Lipinski definition) is 6. The molecule has 1 amide bonds. The molecule has 0 N–H and O–H groups in total. The molecule has 4 rings (SSSR count). The zero-order valence-corrected chi connectivity index (χ0v) is 14.7. The van der Waals surface area contributed by atoms with Crippen LogP contribution in [0.5, 0.6) is 0 Å². The van der Waals surface area contributed by atoms with Gasteiger partial charge in [-0.2, -0.15) is 5.26 Å². The maximum absolute atomic E-state index is 12.9. The third-order valence-corrected chi connectivity index (χ3v) is 6.07. The Morgan fingerprint density at radius 2 is 2.04 bits per heavy atom. The van der Waals surface area contributed by atoms with Crippen molar-refractivity contribution in [1.82, 2.24) is 14.9 Å². The number of hydrogen-bond donors (Lipinski definition) is 0. The van der Waals surface area contributed by atoms with Crippen molar-refractivity contribution in [1.29, 1.82) is 5.26 Å². The number of carbonyl (C=O) groups excluding carboxylic acids is 1. The monoisotopic (exact) mass is 353 g/mol. The van der Waals surface area contributed by atoms with Gasteiger partial charge in [0.05, 0.1) is 0 Å². The predicted octanol–water partition coefficient (Wildman–Crippen LogP) is 2.21. The number of nitrogens with zero attached hydrogens (tertiary/aromatic N) is 5. The van der Waals surface area contributed by atoms with Crippen molar-refractivity contribution >= 4 is 23.1 Å². The minimum absolute atomic E-state index is 0.0682. The molecule has 0 aliphatic carbocycles. The first-order valence-corrected chi connectivity index (χ1v) is 9.44. The van der Waals surface area contributed by atoms with Gasteiger partial charge in [0.15, 0.2) is 11.5 Å². The van der Waals surface area contributed by atoms with E-state index in [9.17, 15) is 10.1 Å². The molecule has 2 aromatic heterocycles. The Morgan fingerprint density at radius 3 is 2.84 bits per heavy atom. The minimum Gasteiger partial charge on any atom is -0.354 e. The summed E-state index contributed by atoms with van der Waals surface area (Å²) in [5.41, 5.74) is 1.66. The molecule has 2 aromatic rings. The summed E-state index contributed by atoms with van der Waals surface area (Å²) in [6, 6.07) is 4.23. The van der Waals surface area contributed by atoms with Gasteiger partial charge in [0, 0.05) is 49.4 Å². The van der Waals surface area contributed by atoms with Gasteiger partial charge >= 0.3 is 0 Å². The van der Waals surface area contributed by atoms with E-state index in [2.05, 4.69) is 32.4 Å². The summed E-state index contributed by atoms with van der Waals surface area (Å²) in [5, 5.41) is 11.3. The molecule has 0 bridgehead atoms. The van der Waals surface area contributed by atoms with E-state index in [4.69, 9.17) is 0 Å². The summed E-state index contributed by atoms with van der Waals surface area (Å²) >= 11 is 1.79. The molecule has 2 aliphatic heterocycles. The summed E-state index contributed by atoms with van der Waals surface area (Å²) in [5.74, 6) is 0.978. The predicted molar refractivity (Wildman–Crippen MR) is 95.1 cm³/mol. The molecule has 4 heterocycles. The van der Waals surface area contributed by atoms with Gasteiger partial charge in [0.2, 0.25) is 5.91 Å². The van der Waals surface area contributed by atoms with Crippen LogP contribution in [0.4, 0.5) is 5.82 Å². The quantitative estimate of drug-likeness (QED) is 0.828. The Balaban J connectivity index is 1.39. The highest BCUT2D eigenvalue weighted by atomic mass is 32.1. The van der Waals surface area contributed by atoms with Gasteiger partial charge in [-0.25, -0.2) is 9.97 Å². The molecule has 0 spiro atoms. The first-order chi connectivity index (χ1) is 12.3. The zero-order valence-electron chi connectivity index (χ0n) is 13.9. The zero-order chi connectivity index (χ0) is 17.2. The van der Waals surface area contributed by atoms with Gasteiger partial charge in [-0.1, -0.05) is 0 Å². The molecule has 6 nitrogen and oxygen atoms in total. The Hall–Kier alpha value is -2.46. The fourth-order valence-electron chi connectivity index (χ4n) is 3.67. The summed E-state index contributed by atoms with van der Waals surface area (Å²) < 4.78 is 0. The van der Waals surface area contributed by atoms with Crippen LogP contribution in [0.3, 0.4) is 0 Å². The van der Waals surface area contributed by atoms with Crippen LogP contribution >= 0.6 is 11.3 Å². The molecule has 128 valence electrons. The second kappa shape index (κ2) is 6.81. The van der Waals surface area contributed by atoms with Crippen molar-refractivity contribution in [2.24, 2.45) is 5.92 Å². The normalized spacial score (nSPS) is 17.9. The van der Waals surface area contributed by atoms with Crippen molar-refractivity contribution in [3.8, 4) is 6.07 Å². The molecule has 2 aliphatic rings. The average molecular weight is 353 g/mol. The number of carbonyl (C=O) groups is 1. The Kier molecular flexibility index (Phi) is 4.36. The van der Waals surface area contributed by atoms with Crippen LogP contribution in [0.1, 0.15) is 29.0 Å². The average Bonchev–Trinajstić information content (AvgIpc) is 3.15. The summed E-state index contributed by atoms with van der Waals surface area (Å²) in [6.45, 7) is 3.05. The van der Waals surface area contributed by atoms with Crippen molar-refractivity contribution in [3.05, 3.63) is 40.0 Å². The number of piperidine rings is 1. The molecule has 1 fully saturated rings. The van der Waals surface area contributed by atoms with Crippen LogP contribution < -0.4 is 4.90 Å².